The Morgan fingerprint density at radius 2 is 2.20 bits per heavy atom. The highest BCUT2D eigenvalue weighted by Crippen LogP contribution is 2.51. The van der Waals surface area contributed by atoms with Crippen molar-refractivity contribution < 1.29 is 19.4 Å². The van der Waals surface area contributed by atoms with Gasteiger partial charge in [0.15, 0.2) is 0 Å². The monoisotopic (exact) mass is 212 g/mol. The zero-order valence-corrected chi connectivity index (χ0v) is 9.03. The maximum absolute atomic E-state index is 11.7. The van der Waals surface area contributed by atoms with E-state index in [-0.39, 0.29) is 17.6 Å². The van der Waals surface area contributed by atoms with Crippen molar-refractivity contribution in [3.05, 3.63) is 0 Å². The lowest BCUT2D eigenvalue weighted by Gasteiger charge is -2.50. The SMILES string of the molecule is COC(=O)C1(C)C2CCC(C(=O)C2)C1O. The van der Waals surface area contributed by atoms with Gasteiger partial charge in [0.1, 0.15) is 5.78 Å². The lowest BCUT2D eigenvalue weighted by molar-refractivity contribution is -0.184. The van der Waals surface area contributed by atoms with E-state index >= 15 is 0 Å². The van der Waals surface area contributed by atoms with Gasteiger partial charge in [-0.3, -0.25) is 9.59 Å². The van der Waals surface area contributed by atoms with Crippen molar-refractivity contribution in [3.8, 4) is 0 Å². The molecule has 2 bridgehead atoms. The molecule has 0 amide bonds. The molecule has 0 radical (unpaired) electrons. The van der Waals surface area contributed by atoms with Gasteiger partial charge >= 0.3 is 5.97 Å². The number of ketones is 1. The predicted molar refractivity (Wildman–Crippen MR) is 52.0 cm³/mol. The molecule has 0 heterocycles. The van der Waals surface area contributed by atoms with Crippen molar-refractivity contribution in [2.45, 2.75) is 32.3 Å². The van der Waals surface area contributed by atoms with Gasteiger partial charge in [-0.05, 0) is 25.7 Å². The number of methoxy groups -OCH3 is 1. The third kappa shape index (κ3) is 1.24. The first-order valence-corrected chi connectivity index (χ1v) is 5.31. The highest BCUT2D eigenvalue weighted by Gasteiger charge is 2.59. The van der Waals surface area contributed by atoms with Crippen LogP contribution in [0.1, 0.15) is 26.2 Å². The van der Waals surface area contributed by atoms with Gasteiger partial charge in [-0.25, -0.2) is 0 Å². The minimum Gasteiger partial charge on any atom is -0.469 e. The van der Waals surface area contributed by atoms with Crippen molar-refractivity contribution in [1.29, 1.82) is 0 Å². The molecule has 84 valence electrons. The summed E-state index contributed by atoms with van der Waals surface area (Å²) in [7, 11) is 1.32. The maximum atomic E-state index is 11.7. The molecule has 3 aliphatic rings. The van der Waals surface area contributed by atoms with Gasteiger partial charge in [-0.15, -0.1) is 0 Å². The van der Waals surface area contributed by atoms with Crippen LogP contribution in [0.3, 0.4) is 0 Å². The van der Waals surface area contributed by atoms with Gasteiger partial charge in [-0.2, -0.15) is 0 Å². The molecule has 4 nitrogen and oxygen atoms in total. The van der Waals surface area contributed by atoms with Crippen molar-refractivity contribution in [1.82, 2.24) is 0 Å². The number of esters is 1. The average molecular weight is 212 g/mol. The molecule has 15 heavy (non-hydrogen) atoms. The molecule has 1 N–H and O–H groups in total. The number of aliphatic hydroxyl groups is 1. The molecule has 0 spiro atoms. The highest BCUT2D eigenvalue weighted by molar-refractivity contribution is 5.88. The summed E-state index contributed by atoms with van der Waals surface area (Å²) in [6.07, 6.45) is 1.08. The van der Waals surface area contributed by atoms with E-state index in [0.29, 0.717) is 12.8 Å². The molecule has 4 heteroatoms. The minimum absolute atomic E-state index is 0.0579. The van der Waals surface area contributed by atoms with Crippen molar-refractivity contribution in [2.75, 3.05) is 7.11 Å². The third-order valence-electron chi connectivity index (χ3n) is 4.16. The summed E-state index contributed by atoms with van der Waals surface area (Å²) in [4.78, 5) is 23.3. The molecule has 0 saturated heterocycles. The fraction of sp³-hybridized carbons (Fsp3) is 0.818. The minimum atomic E-state index is -0.883. The number of carbonyl (C=O) groups excluding carboxylic acids is 2. The number of carbonyl (C=O) groups is 2. The quantitative estimate of drug-likeness (QED) is 0.644. The highest BCUT2D eigenvalue weighted by atomic mass is 16.5. The van der Waals surface area contributed by atoms with Crippen LogP contribution in [0.15, 0.2) is 0 Å². The summed E-state index contributed by atoms with van der Waals surface area (Å²) in [6, 6.07) is 0. The van der Waals surface area contributed by atoms with Crippen LogP contribution in [-0.4, -0.2) is 30.1 Å². The molecule has 4 unspecified atom stereocenters. The molecule has 0 aliphatic heterocycles. The molecule has 3 rings (SSSR count). The first kappa shape index (κ1) is 10.6. The first-order chi connectivity index (χ1) is 7.01. The Balaban J connectivity index is 2.35. The van der Waals surface area contributed by atoms with Crippen LogP contribution in [0.4, 0.5) is 0 Å². The van der Waals surface area contributed by atoms with Gasteiger partial charge in [0.05, 0.1) is 18.6 Å². The Labute approximate surface area is 88.6 Å². The number of hydrogen-bond donors (Lipinski definition) is 1. The second-order valence-electron chi connectivity index (χ2n) is 4.77. The summed E-state index contributed by atoms with van der Waals surface area (Å²) in [6.45, 7) is 1.72. The number of hydrogen-bond acceptors (Lipinski definition) is 4. The van der Waals surface area contributed by atoms with E-state index in [9.17, 15) is 14.7 Å². The molecule has 0 aromatic rings. The summed E-state index contributed by atoms with van der Waals surface area (Å²) < 4.78 is 4.74. The maximum Gasteiger partial charge on any atom is 0.314 e. The van der Waals surface area contributed by atoms with E-state index in [2.05, 4.69) is 0 Å². The van der Waals surface area contributed by atoms with E-state index in [4.69, 9.17) is 4.74 Å². The van der Waals surface area contributed by atoms with E-state index in [1.165, 1.54) is 7.11 Å². The molecule has 0 aromatic carbocycles. The summed E-state index contributed by atoms with van der Waals surface area (Å²) in [5, 5.41) is 10.1. The largest absolute Gasteiger partial charge is 0.469 e. The lowest BCUT2D eigenvalue weighted by Crippen LogP contribution is -2.59. The third-order valence-corrected chi connectivity index (χ3v) is 4.16. The number of fused-ring (bicyclic) bond motifs is 3. The summed E-state index contributed by atoms with van der Waals surface area (Å²) in [5.74, 6) is -0.714. The zero-order valence-electron chi connectivity index (χ0n) is 9.03. The van der Waals surface area contributed by atoms with Crippen molar-refractivity contribution in [2.24, 2.45) is 17.3 Å². The molecule has 0 aromatic heterocycles. The number of rotatable bonds is 1. The van der Waals surface area contributed by atoms with Crippen LogP contribution in [-0.2, 0) is 14.3 Å². The number of ether oxygens (including phenoxy) is 1. The van der Waals surface area contributed by atoms with Gasteiger partial charge in [-0.1, -0.05) is 0 Å². The Kier molecular flexibility index (Phi) is 2.34. The first-order valence-electron chi connectivity index (χ1n) is 5.31. The van der Waals surface area contributed by atoms with Crippen molar-refractivity contribution in [3.63, 3.8) is 0 Å². The predicted octanol–water partition coefficient (Wildman–Crippen LogP) is 0.526. The lowest BCUT2D eigenvalue weighted by atomic mass is 9.54. The van der Waals surface area contributed by atoms with Gasteiger partial charge in [0.2, 0.25) is 0 Å². The van der Waals surface area contributed by atoms with Crippen molar-refractivity contribution >= 4 is 11.8 Å². The Morgan fingerprint density at radius 3 is 2.67 bits per heavy atom. The summed E-state index contributed by atoms with van der Waals surface area (Å²) in [5.41, 5.74) is -0.883. The molecule has 3 aliphatic carbocycles. The topological polar surface area (TPSA) is 63.6 Å². The second kappa shape index (κ2) is 3.30. The molecule has 3 fully saturated rings. The van der Waals surface area contributed by atoms with Crippen LogP contribution >= 0.6 is 0 Å². The van der Waals surface area contributed by atoms with Crippen LogP contribution in [0.5, 0.6) is 0 Å². The van der Waals surface area contributed by atoms with Crippen LogP contribution in [0, 0.1) is 17.3 Å². The van der Waals surface area contributed by atoms with Crippen LogP contribution in [0.25, 0.3) is 0 Å². The standard InChI is InChI=1S/C11H16O4/c1-11(10(14)15-2)6-3-4-7(9(11)13)8(12)5-6/h6-7,9,13H,3-5H2,1-2H3. The van der Waals surface area contributed by atoms with E-state index in [1.54, 1.807) is 6.92 Å². The van der Waals surface area contributed by atoms with Gasteiger partial charge in [0, 0.05) is 12.3 Å². The van der Waals surface area contributed by atoms with Crippen LogP contribution < -0.4 is 0 Å². The zero-order chi connectivity index (χ0) is 11.2. The van der Waals surface area contributed by atoms with Gasteiger partial charge in [0.25, 0.3) is 0 Å². The smallest absolute Gasteiger partial charge is 0.314 e. The Hall–Kier alpha value is -0.900. The molecular formula is C11H16O4. The molecule has 4 atom stereocenters. The average Bonchev–Trinajstić information content (AvgIpc) is 2.24. The second-order valence-corrected chi connectivity index (χ2v) is 4.77. The number of aliphatic hydroxyl groups excluding tert-OH is 1. The Morgan fingerprint density at radius 1 is 1.53 bits per heavy atom. The molecule has 3 saturated carbocycles. The fourth-order valence-corrected chi connectivity index (χ4v) is 3.05. The van der Waals surface area contributed by atoms with E-state index in [1.807, 2.05) is 0 Å². The summed E-state index contributed by atoms with van der Waals surface area (Å²) >= 11 is 0. The van der Waals surface area contributed by atoms with Crippen LogP contribution in [0.2, 0.25) is 0 Å². The number of Topliss-reactive ketones (excluding diaryl/α,β-unsaturated/α-hetero) is 1. The normalized spacial score (nSPS) is 44.2. The van der Waals surface area contributed by atoms with Gasteiger partial charge < -0.3 is 9.84 Å². The Bertz CT molecular complexity index is 308. The van der Waals surface area contributed by atoms with E-state index in [0.717, 1.165) is 6.42 Å². The fourth-order valence-electron chi connectivity index (χ4n) is 3.05. The molecular weight excluding hydrogens is 196 g/mol. The van der Waals surface area contributed by atoms with E-state index < -0.39 is 17.5 Å².